The van der Waals surface area contributed by atoms with Crippen LogP contribution in [0.1, 0.15) is 65.2 Å². The van der Waals surface area contributed by atoms with Gasteiger partial charge in [0, 0.05) is 0 Å². The second-order valence-electron chi connectivity index (χ2n) is 7.57. The zero-order valence-electron chi connectivity index (χ0n) is 16.3. The van der Waals surface area contributed by atoms with E-state index < -0.39 is 46.9 Å². The quantitative estimate of drug-likeness (QED) is 0.473. The van der Waals surface area contributed by atoms with E-state index in [9.17, 15) is 29.4 Å². The highest BCUT2D eigenvalue weighted by molar-refractivity contribution is 6.05. The Kier molecular flexibility index (Phi) is 7.60. The fourth-order valence-electron chi connectivity index (χ4n) is 3.85. The molecule has 2 atom stereocenters. The number of carbonyl (C=O) groups excluding carboxylic acids is 2. The van der Waals surface area contributed by atoms with E-state index in [4.69, 9.17) is 9.47 Å². The van der Waals surface area contributed by atoms with E-state index in [1.807, 2.05) is 0 Å². The average Bonchev–Trinajstić information content (AvgIpc) is 3.31. The third-order valence-electron chi connectivity index (χ3n) is 5.49. The first-order valence-corrected chi connectivity index (χ1v) is 9.84. The molecule has 0 aromatic carbocycles. The Morgan fingerprint density at radius 3 is 1.21 bits per heavy atom. The molecule has 0 heterocycles. The van der Waals surface area contributed by atoms with E-state index in [1.165, 1.54) is 13.8 Å². The molecule has 0 bridgehead atoms. The molecule has 0 amide bonds. The van der Waals surface area contributed by atoms with Gasteiger partial charge in [-0.25, -0.2) is 9.59 Å². The molecule has 2 aliphatic rings. The summed E-state index contributed by atoms with van der Waals surface area (Å²) < 4.78 is 10.7. The summed E-state index contributed by atoms with van der Waals surface area (Å²) in [6, 6.07) is 0. The lowest BCUT2D eigenvalue weighted by molar-refractivity contribution is -0.155. The van der Waals surface area contributed by atoms with Gasteiger partial charge in [0.1, 0.15) is 12.2 Å². The van der Waals surface area contributed by atoms with Gasteiger partial charge < -0.3 is 19.7 Å². The molecule has 156 valence electrons. The summed E-state index contributed by atoms with van der Waals surface area (Å²) >= 11 is 0. The fraction of sp³-hybridized carbons (Fsp3) is 0.700. The van der Waals surface area contributed by atoms with Crippen molar-refractivity contribution in [3.05, 3.63) is 11.1 Å². The third-order valence-corrected chi connectivity index (χ3v) is 5.49. The van der Waals surface area contributed by atoms with Crippen LogP contribution in [-0.4, -0.2) is 46.3 Å². The standard InChI is InChI=1S/C20H28O8/c1-11(19(25)27-13-7-3-4-8-13)15(17(21)22)16(18(23)24)12(2)20(26)28-14-9-5-6-10-14/h11-14H,3-10H2,1-2H3,(H,21,22)(H,23,24)/b16-15+. The number of carboxylic acid groups (broad SMARTS) is 2. The SMILES string of the molecule is CC(C(=O)OC1CCCC1)/C(C(=O)O)=C(\C(=O)O)C(C)C(=O)OC1CCCC1. The molecule has 2 saturated carbocycles. The van der Waals surface area contributed by atoms with Crippen LogP contribution in [0.15, 0.2) is 11.1 Å². The van der Waals surface area contributed by atoms with E-state index in [0.29, 0.717) is 25.7 Å². The van der Waals surface area contributed by atoms with Gasteiger partial charge in [-0.1, -0.05) is 0 Å². The molecular formula is C20H28O8. The van der Waals surface area contributed by atoms with Crippen LogP contribution in [0.5, 0.6) is 0 Å². The van der Waals surface area contributed by atoms with Gasteiger partial charge in [0.2, 0.25) is 0 Å². The largest absolute Gasteiger partial charge is 0.478 e. The van der Waals surface area contributed by atoms with Gasteiger partial charge >= 0.3 is 23.9 Å². The summed E-state index contributed by atoms with van der Waals surface area (Å²) in [6.07, 6.45) is 6.00. The van der Waals surface area contributed by atoms with Gasteiger partial charge in [0.25, 0.3) is 0 Å². The van der Waals surface area contributed by atoms with Crippen LogP contribution < -0.4 is 0 Å². The van der Waals surface area contributed by atoms with Gasteiger partial charge in [0.15, 0.2) is 0 Å². The topological polar surface area (TPSA) is 127 Å². The summed E-state index contributed by atoms with van der Waals surface area (Å²) in [7, 11) is 0. The Labute approximate surface area is 163 Å². The number of hydrogen-bond acceptors (Lipinski definition) is 6. The lowest BCUT2D eigenvalue weighted by Gasteiger charge is -2.21. The molecule has 2 rings (SSSR count). The number of esters is 2. The second kappa shape index (κ2) is 9.71. The Morgan fingerprint density at radius 2 is 0.964 bits per heavy atom. The molecule has 2 aliphatic carbocycles. The molecular weight excluding hydrogens is 368 g/mol. The van der Waals surface area contributed by atoms with Crippen LogP contribution in [0.4, 0.5) is 0 Å². The molecule has 0 aromatic heterocycles. The highest BCUT2D eigenvalue weighted by atomic mass is 16.5. The van der Waals surface area contributed by atoms with E-state index in [0.717, 1.165) is 25.7 Å². The number of hydrogen-bond donors (Lipinski definition) is 2. The minimum absolute atomic E-state index is 0.275. The Hall–Kier alpha value is -2.38. The van der Waals surface area contributed by atoms with E-state index in [2.05, 4.69) is 0 Å². The third kappa shape index (κ3) is 5.33. The molecule has 0 saturated heterocycles. The van der Waals surface area contributed by atoms with Gasteiger partial charge in [-0.2, -0.15) is 0 Å². The average molecular weight is 396 g/mol. The van der Waals surface area contributed by atoms with Crippen molar-refractivity contribution in [3.8, 4) is 0 Å². The molecule has 8 nitrogen and oxygen atoms in total. The Balaban J connectivity index is 2.25. The molecule has 0 aromatic rings. The van der Waals surface area contributed by atoms with Gasteiger partial charge in [-0.05, 0) is 65.2 Å². The van der Waals surface area contributed by atoms with Crippen LogP contribution in [0.25, 0.3) is 0 Å². The van der Waals surface area contributed by atoms with Crippen LogP contribution in [0.3, 0.4) is 0 Å². The predicted molar refractivity (Wildman–Crippen MR) is 97.3 cm³/mol. The molecule has 8 heteroatoms. The maximum absolute atomic E-state index is 12.4. The number of aliphatic carboxylic acids is 2. The van der Waals surface area contributed by atoms with Crippen LogP contribution in [-0.2, 0) is 28.7 Å². The summed E-state index contributed by atoms with van der Waals surface area (Å²) in [4.78, 5) is 48.5. The summed E-state index contributed by atoms with van der Waals surface area (Å²) in [5.74, 6) is -7.33. The van der Waals surface area contributed by atoms with Crippen molar-refractivity contribution in [3.63, 3.8) is 0 Å². The molecule has 0 radical (unpaired) electrons. The van der Waals surface area contributed by atoms with Gasteiger partial charge in [0.05, 0.1) is 23.0 Å². The zero-order chi connectivity index (χ0) is 20.8. The summed E-state index contributed by atoms with van der Waals surface area (Å²) in [6.45, 7) is 2.58. The minimum atomic E-state index is -1.56. The van der Waals surface area contributed by atoms with E-state index >= 15 is 0 Å². The van der Waals surface area contributed by atoms with Crippen molar-refractivity contribution in [2.45, 2.75) is 77.4 Å². The van der Waals surface area contributed by atoms with Crippen molar-refractivity contribution in [2.75, 3.05) is 0 Å². The summed E-state index contributed by atoms with van der Waals surface area (Å²) in [5.41, 5.74) is -1.27. The highest BCUT2D eigenvalue weighted by Gasteiger charge is 2.37. The Bertz CT molecular complexity index is 597. The van der Waals surface area contributed by atoms with Crippen LogP contribution in [0.2, 0.25) is 0 Å². The van der Waals surface area contributed by atoms with Crippen molar-refractivity contribution >= 4 is 23.9 Å². The van der Waals surface area contributed by atoms with Crippen molar-refractivity contribution < 1.29 is 38.9 Å². The Morgan fingerprint density at radius 1 is 0.679 bits per heavy atom. The second-order valence-corrected chi connectivity index (χ2v) is 7.57. The van der Waals surface area contributed by atoms with Crippen molar-refractivity contribution in [1.29, 1.82) is 0 Å². The predicted octanol–water partition coefficient (Wildman–Crippen LogP) is 2.70. The summed E-state index contributed by atoms with van der Waals surface area (Å²) in [5, 5.41) is 19.2. The van der Waals surface area contributed by atoms with Gasteiger partial charge in [-0.3, -0.25) is 9.59 Å². The maximum atomic E-state index is 12.4. The monoisotopic (exact) mass is 396 g/mol. The number of carbonyl (C=O) groups is 4. The van der Waals surface area contributed by atoms with Crippen LogP contribution >= 0.6 is 0 Å². The van der Waals surface area contributed by atoms with E-state index in [-0.39, 0.29) is 12.2 Å². The number of rotatable bonds is 8. The van der Waals surface area contributed by atoms with Gasteiger partial charge in [-0.15, -0.1) is 0 Å². The number of ether oxygens (including phenoxy) is 2. The van der Waals surface area contributed by atoms with Crippen molar-refractivity contribution in [2.24, 2.45) is 11.8 Å². The molecule has 2 N–H and O–H groups in total. The lowest BCUT2D eigenvalue weighted by atomic mass is 9.88. The molecule has 0 spiro atoms. The molecule has 0 aliphatic heterocycles. The fourth-order valence-corrected chi connectivity index (χ4v) is 3.85. The smallest absolute Gasteiger partial charge is 0.333 e. The maximum Gasteiger partial charge on any atom is 0.333 e. The number of carboxylic acids is 2. The highest BCUT2D eigenvalue weighted by Crippen LogP contribution is 2.29. The normalized spacial score (nSPS) is 20.9. The van der Waals surface area contributed by atoms with Crippen LogP contribution in [0, 0.1) is 11.8 Å². The van der Waals surface area contributed by atoms with E-state index in [1.54, 1.807) is 0 Å². The molecule has 2 unspecified atom stereocenters. The zero-order valence-corrected chi connectivity index (χ0v) is 16.3. The first-order chi connectivity index (χ1) is 13.2. The lowest BCUT2D eigenvalue weighted by Crippen LogP contribution is -2.31. The molecule has 2 fully saturated rings. The first kappa shape index (κ1) is 21.9. The minimum Gasteiger partial charge on any atom is -0.478 e. The first-order valence-electron chi connectivity index (χ1n) is 9.84. The van der Waals surface area contributed by atoms with Crippen molar-refractivity contribution in [1.82, 2.24) is 0 Å². The molecule has 28 heavy (non-hydrogen) atoms.